The smallest absolute Gasteiger partial charge is 0.252 e. The third-order valence-corrected chi connectivity index (χ3v) is 4.87. The first-order chi connectivity index (χ1) is 8.56. The predicted molar refractivity (Wildman–Crippen MR) is 63.4 cm³/mol. The second kappa shape index (κ2) is 5.33. The van der Waals surface area contributed by atoms with Gasteiger partial charge in [-0.15, -0.1) is 0 Å². The maximum atomic E-state index is 11.7. The number of sulfonamides is 1. The van der Waals surface area contributed by atoms with Crippen LogP contribution in [0.2, 0.25) is 0 Å². The average molecular weight is 275 g/mol. The van der Waals surface area contributed by atoms with Crippen LogP contribution in [-0.2, 0) is 21.4 Å². The van der Waals surface area contributed by atoms with E-state index in [1.807, 2.05) is 0 Å². The van der Waals surface area contributed by atoms with Crippen molar-refractivity contribution in [3.63, 3.8) is 0 Å². The van der Waals surface area contributed by atoms with Crippen molar-refractivity contribution in [3.05, 3.63) is 11.7 Å². The summed E-state index contributed by atoms with van der Waals surface area (Å²) in [6, 6.07) is 0. The van der Waals surface area contributed by atoms with Crippen LogP contribution in [0.1, 0.15) is 31.0 Å². The Balaban J connectivity index is 2.04. The molecule has 1 saturated heterocycles. The number of hydrogen-bond donors (Lipinski definition) is 0. The van der Waals surface area contributed by atoms with E-state index in [2.05, 4.69) is 10.1 Å². The zero-order valence-electron chi connectivity index (χ0n) is 10.5. The zero-order chi connectivity index (χ0) is 13.2. The van der Waals surface area contributed by atoms with Gasteiger partial charge in [0.2, 0.25) is 10.0 Å². The molecule has 0 aliphatic carbocycles. The van der Waals surface area contributed by atoms with Gasteiger partial charge < -0.3 is 9.26 Å². The lowest BCUT2D eigenvalue weighted by atomic mass is 10.1. The van der Waals surface area contributed by atoms with E-state index in [0.717, 1.165) is 6.42 Å². The van der Waals surface area contributed by atoms with E-state index >= 15 is 0 Å². The molecule has 0 amide bonds. The molecular weight excluding hydrogens is 258 g/mol. The Kier molecular flexibility index (Phi) is 3.98. The first-order valence-corrected chi connectivity index (χ1v) is 7.47. The van der Waals surface area contributed by atoms with Gasteiger partial charge in [-0.3, -0.25) is 0 Å². The molecule has 2 rings (SSSR count). The molecule has 0 radical (unpaired) electrons. The first-order valence-electron chi connectivity index (χ1n) is 5.86. The molecular formula is C10H17N3O4S. The number of rotatable bonds is 5. The summed E-state index contributed by atoms with van der Waals surface area (Å²) in [6.07, 6.45) is 0.727. The van der Waals surface area contributed by atoms with Crippen LogP contribution >= 0.6 is 0 Å². The van der Waals surface area contributed by atoms with Gasteiger partial charge in [-0.2, -0.15) is 4.98 Å². The highest BCUT2D eigenvalue weighted by molar-refractivity contribution is 7.89. The van der Waals surface area contributed by atoms with Gasteiger partial charge in [0, 0.05) is 26.1 Å². The van der Waals surface area contributed by atoms with Gasteiger partial charge in [0.25, 0.3) is 5.89 Å². The normalized spacial score (nSPS) is 21.6. The van der Waals surface area contributed by atoms with Gasteiger partial charge in [-0.25, -0.2) is 12.7 Å². The standard InChI is InChI=1S/C10H17N3O4S/c1-3-18(14,15)13-5-4-8(6-13)10-11-9(7-16-2)17-12-10/h8H,3-7H2,1-2H3. The van der Waals surface area contributed by atoms with Gasteiger partial charge >= 0.3 is 0 Å². The molecule has 1 aliphatic heterocycles. The molecule has 2 heterocycles. The van der Waals surface area contributed by atoms with Crippen molar-refractivity contribution in [1.29, 1.82) is 0 Å². The molecule has 7 nitrogen and oxygen atoms in total. The molecule has 1 fully saturated rings. The third-order valence-electron chi connectivity index (χ3n) is 3.03. The molecule has 1 unspecified atom stereocenters. The topological polar surface area (TPSA) is 85.5 Å². The van der Waals surface area contributed by atoms with Crippen LogP contribution in [0.5, 0.6) is 0 Å². The molecule has 0 saturated carbocycles. The van der Waals surface area contributed by atoms with Crippen LogP contribution in [-0.4, -0.2) is 48.8 Å². The molecule has 8 heteroatoms. The molecule has 0 bridgehead atoms. The predicted octanol–water partition coefficient (Wildman–Crippen LogP) is 0.355. The van der Waals surface area contributed by atoms with Gasteiger partial charge in [-0.05, 0) is 13.3 Å². The van der Waals surface area contributed by atoms with Crippen LogP contribution in [0.25, 0.3) is 0 Å². The van der Waals surface area contributed by atoms with E-state index in [-0.39, 0.29) is 18.3 Å². The minimum absolute atomic E-state index is 0.0145. The van der Waals surface area contributed by atoms with E-state index in [1.165, 1.54) is 4.31 Å². The fraction of sp³-hybridized carbons (Fsp3) is 0.800. The molecule has 102 valence electrons. The van der Waals surface area contributed by atoms with Gasteiger partial charge in [-0.1, -0.05) is 5.16 Å². The van der Waals surface area contributed by atoms with Crippen molar-refractivity contribution in [3.8, 4) is 0 Å². The molecule has 1 aliphatic rings. The van der Waals surface area contributed by atoms with E-state index < -0.39 is 10.0 Å². The largest absolute Gasteiger partial charge is 0.375 e. The Bertz CT molecular complexity index is 499. The monoisotopic (exact) mass is 275 g/mol. The second-order valence-electron chi connectivity index (χ2n) is 4.22. The summed E-state index contributed by atoms with van der Waals surface area (Å²) in [4.78, 5) is 4.20. The van der Waals surface area contributed by atoms with Crippen molar-refractivity contribution < 1.29 is 17.7 Å². The summed E-state index contributed by atoms with van der Waals surface area (Å²) in [5, 5.41) is 3.87. The maximum absolute atomic E-state index is 11.7. The van der Waals surface area contributed by atoms with E-state index in [4.69, 9.17) is 9.26 Å². The highest BCUT2D eigenvalue weighted by Crippen LogP contribution is 2.27. The Morgan fingerprint density at radius 2 is 2.33 bits per heavy atom. The Labute approximate surface area is 106 Å². The number of nitrogens with zero attached hydrogens (tertiary/aromatic N) is 3. The van der Waals surface area contributed by atoms with Crippen molar-refractivity contribution >= 4 is 10.0 Å². The van der Waals surface area contributed by atoms with Crippen LogP contribution in [0.15, 0.2) is 4.52 Å². The number of aromatic nitrogens is 2. The van der Waals surface area contributed by atoms with Crippen LogP contribution < -0.4 is 0 Å². The summed E-state index contributed by atoms with van der Waals surface area (Å²) < 4.78 is 34.9. The quantitative estimate of drug-likeness (QED) is 0.771. The Hall–Kier alpha value is -0.990. The minimum atomic E-state index is -3.12. The van der Waals surface area contributed by atoms with E-state index in [0.29, 0.717) is 24.8 Å². The highest BCUT2D eigenvalue weighted by Gasteiger charge is 2.33. The lowest BCUT2D eigenvalue weighted by Crippen LogP contribution is -2.30. The molecule has 1 aromatic rings. The Morgan fingerprint density at radius 3 is 3.00 bits per heavy atom. The molecule has 0 spiro atoms. The molecule has 0 aromatic carbocycles. The number of ether oxygens (including phenoxy) is 1. The van der Waals surface area contributed by atoms with Crippen molar-refractivity contribution in [2.45, 2.75) is 25.9 Å². The van der Waals surface area contributed by atoms with E-state index in [9.17, 15) is 8.42 Å². The second-order valence-corrected chi connectivity index (χ2v) is 6.48. The van der Waals surface area contributed by atoms with Gasteiger partial charge in [0.05, 0.1) is 5.75 Å². The summed E-state index contributed by atoms with van der Waals surface area (Å²) in [5.41, 5.74) is 0. The fourth-order valence-electron chi connectivity index (χ4n) is 1.99. The zero-order valence-corrected chi connectivity index (χ0v) is 11.3. The third kappa shape index (κ3) is 2.70. The van der Waals surface area contributed by atoms with Crippen molar-refractivity contribution in [1.82, 2.24) is 14.4 Å². The minimum Gasteiger partial charge on any atom is -0.375 e. The lowest BCUT2D eigenvalue weighted by Gasteiger charge is -2.13. The van der Waals surface area contributed by atoms with Crippen LogP contribution in [0, 0.1) is 0 Å². The average Bonchev–Trinajstić information content (AvgIpc) is 2.97. The van der Waals surface area contributed by atoms with Crippen molar-refractivity contribution in [2.75, 3.05) is 26.0 Å². The fourth-order valence-corrected chi connectivity index (χ4v) is 3.15. The van der Waals surface area contributed by atoms with Crippen LogP contribution in [0.3, 0.4) is 0 Å². The first kappa shape index (κ1) is 13.4. The molecule has 18 heavy (non-hydrogen) atoms. The highest BCUT2D eigenvalue weighted by atomic mass is 32.2. The summed E-state index contributed by atoms with van der Waals surface area (Å²) in [7, 11) is -1.57. The lowest BCUT2D eigenvalue weighted by molar-refractivity contribution is 0.151. The SMILES string of the molecule is CCS(=O)(=O)N1CCC(c2noc(COC)n2)C1. The van der Waals surface area contributed by atoms with Gasteiger partial charge in [0.1, 0.15) is 6.61 Å². The summed E-state index contributed by atoms with van der Waals surface area (Å²) in [6.45, 7) is 2.88. The summed E-state index contributed by atoms with van der Waals surface area (Å²) >= 11 is 0. The molecule has 1 aromatic heterocycles. The molecule has 0 N–H and O–H groups in total. The number of hydrogen-bond acceptors (Lipinski definition) is 6. The van der Waals surface area contributed by atoms with Gasteiger partial charge in [0.15, 0.2) is 5.82 Å². The van der Waals surface area contributed by atoms with Crippen LogP contribution in [0.4, 0.5) is 0 Å². The van der Waals surface area contributed by atoms with E-state index in [1.54, 1.807) is 14.0 Å². The molecule has 1 atom stereocenters. The van der Waals surface area contributed by atoms with Crippen molar-refractivity contribution in [2.24, 2.45) is 0 Å². The maximum Gasteiger partial charge on any atom is 0.252 e. The summed E-state index contributed by atoms with van der Waals surface area (Å²) in [5.74, 6) is 1.13. The number of methoxy groups -OCH3 is 1. The Morgan fingerprint density at radius 1 is 1.56 bits per heavy atom.